The summed E-state index contributed by atoms with van der Waals surface area (Å²) in [5, 5.41) is 12.4. The fourth-order valence-electron chi connectivity index (χ4n) is 7.76. The maximum atomic E-state index is 12.2. The summed E-state index contributed by atoms with van der Waals surface area (Å²) in [4.78, 5) is 50.4. The van der Waals surface area contributed by atoms with E-state index in [0.717, 1.165) is 65.5 Å². The van der Waals surface area contributed by atoms with Gasteiger partial charge in [0, 0.05) is 33.3 Å². The molecule has 0 radical (unpaired) electrons. The number of fused-ring (bicyclic) bond motifs is 1. The highest BCUT2D eigenvalue weighted by atomic mass is 16.7. The van der Waals surface area contributed by atoms with Gasteiger partial charge in [0.1, 0.15) is 18.5 Å². The molecule has 0 saturated carbocycles. The van der Waals surface area contributed by atoms with Crippen molar-refractivity contribution in [3.63, 3.8) is 0 Å². The molecule has 2 saturated heterocycles. The number of carbonyl (C=O) groups is 4. The first kappa shape index (κ1) is 41.9. The van der Waals surface area contributed by atoms with Crippen molar-refractivity contribution in [2.24, 2.45) is 0 Å². The molecule has 3 aromatic carbocycles. The van der Waals surface area contributed by atoms with Crippen LogP contribution in [-0.2, 0) is 42.9 Å². The van der Waals surface area contributed by atoms with E-state index in [0.29, 0.717) is 24.3 Å². The molecule has 5 rings (SSSR count). The summed E-state index contributed by atoms with van der Waals surface area (Å²) in [6.45, 7) is 17.2. The van der Waals surface area contributed by atoms with Crippen molar-refractivity contribution < 1.29 is 48.0 Å². The molecule has 2 fully saturated rings. The van der Waals surface area contributed by atoms with Crippen molar-refractivity contribution in [2.75, 3.05) is 26.2 Å². The Morgan fingerprint density at radius 3 is 2.00 bits per heavy atom. The van der Waals surface area contributed by atoms with Crippen LogP contribution in [0.15, 0.2) is 79.9 Å². The zero-order valence-corrected chi connectivity index (χ0v) is 33.0. The normalized spacial score (nSPS) is 21.7. The van der Waals surface area contributed by atoms with E-state index in [4.69, 9.17) is 23.7 Å². The Kier molecular flexibility index (Phi) is 14.3. The largest absolute Gasteiger partial charge is 0.508 e. The third kappa shape index (κ3) is 10.7. The second kappa shape index (κ2) is 19.1. The van der Waals surface area contributed by atoms with Gasteiger partial charge in [0.15, 0.2) is 18.3 Å². The Morgan fingerprint density at radius 1 is 0.804 bits per heavy atom. The highest BCUT2D eigenvalue weighted by Crippen LogP contribution is 2.36. The van der Waals surface area contributed by atoms with E-state index in [1.54, 1.807) is 0 Å². The van der Waals surface area contributed by atoms with Crippen LogP contribution in [0.5, 0.6) is 0 Å². The fourth-order valence-corrected chi connectivity index (χ4v) is 7.76. The molecule has 2 heterocycles. The van der Waals surface area contributed by atoms with Gasteiger partial charge < -0.3 is 33.7 Å². The van der Waals surface area contributed by atoms with Crippen LogP contribution >= 0.6 is 0 Å². The molecule has 0 amide bonds. The number of nitrogens with zero attached hydrogens (tertiary/aromatic N) is 1. The number of hydrogen-bond donors (Lipinski definition) is 1. The Labute approximate surface area is 328 Å². The molecule has 3 aromatic rings. The van der Waals surface area contributed by atoms with Crippen LogP contribution in [-0.4, -0.2) is 90.6 Å². The molecule has 0 bridgehead atoms. The molecular weight excluding hydrogens is 714 g/mol. The summed E-state index contributed by atoms with van der Waals surface area (Å²) < 4.78 is 28.2. The quantitative estimate of drug-likeness (QED) is 0.0747. The minimum absolute atomic E-state index is 0.0206. The number of esters is 4. The van der Waals surface area contributed by atoms with Crippen molar-refractivity contribution in [1.82, 2.24) is 4.90 Å². The lowest BCUT2D eigenvalue weighted by atomic mass is 9.87. The van der Waals surface area contributed by atoms with Crippen molar-refractivity contribution in [1.29, 1.82) is 0 Å². The molecule has 298 valence electrons. The van der Waals surface area contributed by atoms with Crippen molar-refractivity contribution >= 4 is 46.0 Å². The van der Waals surface area contributed by atoms with Gasteiger partial charge in [-0.1, -0.05) is 61.7 Å². The molecule has 0 aliphatic carbocycles. The molecule has 56 heavy (non-hydrogen) atoms. The molecular formula is C45H53NO10. The van der Waals surface area contributed by atoms with E-state index < -0.39 is 54.4 Å². The predicted molar refractivity (Wildman–Crippen MR) is 214 cm³/mol. The minimum atomic E-state index is -1.16. The predicted octanol–water partition coefficient (Wildman–Crippen LogP) is 7.71. The molecule has 5 atom stereocenters. The molecule has 5 unspecified atom stereocenters. The monoisotopic (exact) mass is 767 g/mol. The summed E-state index contributed by atoms with van der Waals surface area (Å²) in [6.07, 6.45) is 2.06. The highest BCUT2D eigenvalue weighted by molar-refractivity contribution is 6.00. The summed E-state index contributed by atoms with van der Waals surface area (Å²) in [5.74, 6) is -2.03. The lowest BCUT2D eigenvalue weighted by Crippen LogP contribution is -2.62. The Morgan fingerprint density at radius 2 is 1.41 bits per heavy atom. The van der Waals surface area contributed by atoms with Gasteiger partial charge in [-0.15, -0.1) is 0 Å². The van der Waals surface area contributed by atoms with E-state index in [9.17, 15) is 24.3 Å². The smallest absolute Gasteiger partial charge is 0.303 e. The second-order valence-corrected chi connectivity index (χ2v) is 14.5. The number of likely N-dealkylation sites (tertiary alicyclic amines) is 1. The number of benzene rings is 3. The Balaban J connectivity index is 1.23. The van der Waals surface area contributed by atoms with Gasteiger partial charge in [0.05, 0.1) is 6.10 Å². The summed E-state index contributed by atoms with van der Waals surface area (Å²) in [7, 11) is 0. The average molecular weight is 768 g/mol. The molecule has 2 aliphatic rings. The van der Waals surface area contributed by atoms with Crippen molar-refractivity contribution in [3.8, 4) is 11.1 Å². The van der Waals surface area contributed by atoms with E-state index in [1.165, 1.54) is 33.3 Å². The Hall–Kier alpha value is -5.26. The van der Waals surface area contributed by atoms with E-state index in [1.807, 2.05) is 31.2 Å². The molecule has 2 aliphatic heterocycles. The first-order valence-electron chi connectivity index (χ1n) is 19.1. The van der Waals surface area contributed by atoms with E-state index in [-0.39, 0.29) is 12.4 Å². The summed E-state index contributed by atoms with van der Waals surface area (Å²) in [6, 6.07) is 18.9. The second-order valence-electron chi connectivity index (χ2n) is 14.5. The molecule has 11 nitrogen and oxygen atoms in total. The van der Waals surface area contributed by atoms with Gasteiger partial charge in [-0.3, -0.25) is 19.2 Å². The fraction of sp³-hybridized carbons (Fsp3) is 0.422. The lowest BCUT2D eigenvalue weighted by Gasteiger charge is -2.44. The standard InChI is InChI=1S/C45H53NO10/c1-8-10-27(2)36-16-17-39-38(23-36)24-37(28(3)47)25-40(39)35-14-12-33(13-15-35)34-18-21-46(22-19-34)20-9-11-41-43(53-30(5)49)45(55-32(7)51)44(54-31(6)50)42(56-41)26-52-29(4)48/h8,10,12-17,23-25,34,41-45,47H,2-3,9,11,18-22,26H2,1,4-7H3/b10-8-. The third-order valence-corrected chi connectivity index (χ3v) is 10.4. The van der Waals surface area contributed by atoms with Crippen molar-refractivity contribution in [3.05, 3.63) is 96.6 Å². The van der Waals surface area contributed by atoms with Gasteiger partial charge >= 0.3 is 23.9 Å². The van der Waals surface area contributed by atoms with Crippen LogP contribution in [0.1, 0.15) is 82.9 Å². The number of ether oxygens (including phenoxy) is 5. The number of allylic oxidation sites excluding steroid dienone is 3. The number of piperidine rings is 1. The third-order valence-electron chi connectivity index (χ3n) is 10.4. The zero-order valence-electron chi connectivity index (χ0n) is 33.0. The number of carbonyl (C=O) groups excluding carboxylic acids is 4. The van der Waals surface area contributed by atoms with E-state index >= 15 is 0 Å². The van der Waals surface area contributed by atoms with Crippen LogP contribution in [0.4, 0.5) is 0 Å². The van der Waals surface area contributed by atoms with Crippen LogP contribution < -0.4 is 0 Å². The first-order valence-corrected chi connectivity index (χ1v) is 19.1. The van der Waals surface area contributed by atoms with Crippen LogP contribution in [0.2, 0.25) is 0 Å². The summed E-state index contributed by atoms with van der Waals surface area (Å²) in [5.41, 5.74) is 5.97. The highest BCUT2D eigenvalue weighted by Gasteiger charge is 2.51. The van der Waals surface area contributed by atoms with Crippen LogP contribution in [0.3, 0.4) is 0 Å². The number of aliphatic hydroxyl groups excluding tert-OH is 1. The van der Waals surface area contributed by atoms with Gasteiger partial charge in [0.2, 0.25) is 0 Å². The van der Waals surface area contributed by atoms with Gasteiger partial charge in [-0.25, -0.2) is 0 Å². The zero-order chi connectivity index (χ0) is 40.5. The maximum Gasteiger partial charge on any atom is 0.303 e. The summed E-state index contributed by atoms with van der Waals surface area (Å²) >= 11 is 0. The maximum absolute atomic E-state index is 12.2. The number of aliphatic hydroxyl groups is 1. The number of rotatable bonds is 14. The van der Waals surface area contributed by atoms with Crippen LogP contribution in [0, 0.1) is 0 Å². The molecule has 0 spiro atoms. The van der Waals surface area contributed by atoms with E-state index in [2.05, 4.69) is 60.5 Å². The Bertz CT molecular complexity index is 1960. The van der Waals surface area contributed by atoms with Crippen molar-refractivity contribution in [2.45, 2.75) is 96.7 Å². The average Bonchev–Trinajstić information content (AvgIpc) is 3.15. The number of hydrogen-bond acceptors (Lipinski definition) is 11. The first-order chi connectivity index (χ1) is 26.7. The lowest BCUT2D eigenvalue weighted by molar-refractivity contribution is -0.253. The molecule has 1 N–H and O–H groups in total. The topological polar surface area (TPSA) is 138 Å². The SMILES string of the molecule is C=C(O)c1cc(-c2ccc(C3CCN(CCCC4OC(COC(C)=O)C(OC(C)=O)C(OC(C)=O)C4OC(C)=O)CC3)cc2)c2ccc(C(=C)/C=C\C)cc2c1. The van der Waals surface area contributed by atoms with Gasteiger partial charge in [-0.2, -0.15) is 0 Å². The molecule has 0 aromatic heterocycles. The van der Waals surface area contributed by atoms with Crippen LogP contribution in [0.25, 0.3) is 33.2 Å². The minimum Gasteiger partial charge on any atom is -0.508 e. The van der Waals surface area contributed by atoms with Gasteiger partial charge in [-0.05, 0) is 115 Å². The van der Waals surface area contributed by atoms with Gasteiger partial charge in [0.25, 0.3) is 0 Å². The molecule has 11 heteroatoms.